The van der Waals surface area contributed by atoms with Gasteiger partial charge in [0.2, 0.25) is 0 Å². The van der Waals surface area contributed by atoms with Gasteiger partial charge in [-0.3, -0.25) is 9.36 Å². The minimum absolute atomic E-state index is 0.0197. The van der Waals surface area contributed by atoms with Crippen LogP contribution in [-0.2, 0) is 9.36 Å². The zero-order valence-electron chi connectivity index (χ0n) is 6.49. The van der Waals surface area contributed by atoms with Gasteiger partial charge in [-0.15, -0.1) is 0 Å². The molecule has 0 amide bonds. The largest absolute Gasteiger partial charge is 0.396 e. The fourth-order valence-corrected chi connectivity index (χ4v) is 1.25. The Hall–Kier alpha value is -0.180. The maximum Gasteiger partial charge on any atom is 0.198 e. The van der Waals surface area contributed by atoms with Gasteiger partial charge < -0.3 is 10.00 Å². The minimum Gasteiger partial charge on any atom is -0.396 e. The summed E-state index contributed by atoms with van der Waals surface area (Å²) in [7, 11) is -3.05. The second-order valence-corrected chi connectivity index (χ2v) is 5.09. The van der Waals surface area contributed by atoms with Gasteiger partial charge in [-0.05, 0) is 0 Å². The van der Waals surface area contributed by atoms with Crippen molar-refractivity contribution in [2.75, 3.05) is 19.4 Å². The van der Waals surface area contributed by atoms with E-state index in [2.05, 4.69) is 0 Å². The summed E-state index contributed by atoms with van der Waals surface area (Å²) < 4.78 is 10.7. The van der Waals surface area contributed by atoms with Crippen molar-refractivity contribution in [2.24, 2.45) is 0 Å². The standard InChI is InChI=1S/C6H13O4P/c1-11(9,10)5-3-6(8)2-4-7/h7H,2-5H2,1H3,(H,9,10). The van der Waals surface area contributed by atoms with Crippen LogP contribution in [0.1, 0.15) is 12.8 Å². The summed E-state index contributed by atoms with van der Waals surface area (Å²) in [6.45, 7) is 1.04. The van der Waals surface area contributed by atoms with Gasteiger partial charge in [0.1, 0.15) is 5.78 Å². The second-order valence-electron chi connectivity index (χ2n) is 2.54. The van der Waals surface area contributed by atoms with E-state index in [-0.39, 0.29) is 31.4 Å². The number of ketones is 1. The molecule has 5 heteroatoms. The van der Waals surface area contributed by atoms with E-state index < -0.39 is 7.37 Å². The van der Waals surface area contributed by atoms with Crippen molar-refractivity contribution in [3.8, 4) is 0 Å². The highest BCUT2D eigenvalue weighted by Gasteiger charge is 2.11. The van der Waals surface area contributed by atoms with Crippen LogP contribution >= 0.6 is 7.37 Å². The molecule has 0 rings (SSSR count). The van der Waals surface area contributed by atoms with Crippen LogP contribution in [0.4, 0.5) is 0 Å². The molecule has 0 bridgehead atoms. The zero-order valence-corrected chi connectivity index (χ0v) is 7.38. The molecule has 0 aliphatic carbocycles. The fraction of sp³-hybridized carbons (Fsp3) is 0.833. The topological polar surface area (TPSA) is 74.6 Å². The number of carbonyl (C=O) groups is 1. The van der Waals surface area contributed by atoms with Crippen LogP contribution in [0.5, 0.6) is 0 Å². The quantitative estimate of drug-likeness (QED) is 0.594. The lowest BCUT2D eigenvalue weighted by Gasteiger charge is -2.02. The Morgan fingerprint density at radius 3 is 2.36 bits per heavy atom. The number of rotatable bonds is 5. The maximum absolute atomic E-state index is 10.7. The first kappa shape index (κ1) is 10.8. The molecule has 0 aliphatic heterocycles. The molecule has 0 fully saturated rings. The van der Waals surface area contributed by atoms with Gasteiger partial charge in [0.25, 0.3) is 0 Å². The van der Waals surface area contributed by atoms with Crippen LogP contribution in [0, 0.1) is 0 Å². The van der Waals surface area contributed by atoms with Crippen molar-refractivity contribution in [1.29, 1.82) is 0 Å². The fourth-order valence-electron chi connectivity index (χ4n) is 0.582. The molecule has 11 heavy (non-hydrogen) atoms. The predicted molar refractivity (Wildman–Crippen MR) is 41.9 cm³/mol. The molecule has 0 spiro atoms. The minimum atomic E-state index is -3.05. The van der Waals surface area contributed by atoms with Gasteiger partial charge in [-0.2, -0.15) is 0 Å². The molecule has 0 aromatic carbocycles. The van der Waals surface area contributed by atoms with Crippen LogP contribution in [0.25, 0.3) is 0 Å². The van der Waals surface area contributed by atoms with E-state index in [0.29, 0.717) is 0 Å². The molecule has 66 valence electrons. The van der Waals surface area contributed by atoms with Crippen molar-refractivity contribution in [3.63, 3.8) is 0 Å². The van der Waals surface area contributed by atoms with Gasteiger partial charge >= 0.3 is 0 Å². The van der Waals surface area contributed by atoms with Crippen molar-refractivity contribution in [2.45, 2.75) is 12.8 Å². The third-order valence-electron chi connectivity index (χ3n) is 1.20. The molecule has 1 unspecified atom stereocenters. The molecule has 0 saturated heterocycles. The maximum atomic E-state index is 10.7. The number of aliphatic hydroxyl groups excluding tert-OH is 1. The molecule has 0 heterocycles. The van der Waals surface area contributed by atoms with Crippen LogP contribution in [-0.4, -0.2) is 35.2 Å². The Morgan fingerprint density at radius 1 is 1.45 bits per heavy atom. The van der Waals surface area contributed by atoms with Gasteiger partial charge in [0.05, 0.1) is 0 Å². The van der Waals surface area contributed by atoms with Crippen molar-refractivity contribution >= 4 is 13.2 Å². The van der Waals surface area contributed by atoms with Crippen LogP contribution in [0.15, 0.2) is 0 Å². The van der Waals surface area contributed by atoms with E-state index in [1.807, 2.05) is 0 Å². The monoisotopic (exact) mass is 180 g/mol. The zero-order chi connectivity index (χ0) is 8.91. The molecule has 0 aromatic rings. The Morgan fingerprint density at radius 2 is 2.00 bits per heavy atom. The second kappa shape index (κ2) is 4.65. The average molecular weight is 180 g/mol. The molecule has 0 aromatic heterocycles. The highest BCUT2D eigenvalue weighted by Crippen LogP contribution is 2.35. The third kappa shape index (κ3) is 7.72. The number of hydrogen-bond donors (Lipinski definition) is 2. The van der Waals surface area contributed by atoms with E-state index in [0.717, 1.165) is 0 Å². The van der Waals surface area contributed by atoms with E-state index in [9.17, 15) is 9.36 Å². The smallest absolute Gasteiger partial charge is 0.198 e. The summed E-state index contributed by atoms with van der Waals surface area (Å²) in [5.74, 6) is -0.163. The van der Waals surface area contributed by atoms with Crippen LogP contribution < -0.4 is 0 Å². The average Bonchev–Trinajstić information content (AvgIpc) is 1.83. The summed E-state index contributed by atoms with van der Waals surface area (Å²) in [5, 5.41) is 8.31. The molecular formula is C6H13O4P. The predicted octanol–water partition coefficient (Wildman–Crippen LogP) is 0.228. The van der Waals surface area contributed by atoms with Gasteiger partial charge in [-0.1, -0.05) is 0 Å². The number of Topliss-reactive ketones (excluding diaryl/α,β-unsaturated/α-hetero) is 1. The van der Waals surface area contributed by atoms with Gasteiger partial charge in [-0.25, -0.2) is 0 Å². The van der Waals surface area contributed by atoms with E-state index in [1.54, 1.807) is 0 Å². The Bertz CT molecular complexity index is 171. The normalized spacial score (nSPS) is 15.9. The summed E-state index contributed by atoms with van der Waals surface area (Å²) in [4.78, 5) is 19.5. The lowest BCUT2D eigenvalue weighted by molar-refractivity contribution is -0.119. The molecule has 1 atom stereocenters. The van der Waals surface area contributed by atoms with Crippen molar-refractivity contribution < 1.29 is 19.4 Å². The summed E-state index contributed by atoms with van der Waals surface area (Å²) in [6.07, 6.45) is 0.191. The van der Waals surface area contributed by atoms with Crippen LogP contribution in [0.2, 0.25) is 0 Å². The lowest BCUT2D eigenvalue weighted by atomic mass is 10.2. The molecule has 0 saturated carbocycles. The van der Waals surface area contributed by atoms with E-state index in [1.165, 1.54) is 6.66 Å². The Labute approximate surface area is 65.7 Å². The number of carbonyl (C=O) groups excluding carboxylic acids is 1. The molecule has 0 radical (unpaired) electrons. The SMILES string of the molecule is CP(=O)(O)CCC(=O)CCO. The first-order valence-electron chi connectivity index (χ1n) is 3.37. The van der Waals surface area contributed by atoms with E-state index in [4.69, 9.17) is 10.00 Å². The summed E-state index contributed by atoms with van der Waals surface area (Å²) in [6, 6.07) is 0. The highest BCUT2D eigenvalue weighted by molar-refractivity contribution is 7.57. The lowest BCUT2D eigenvalue weighted by Crippen LogP contribution is -2.03. The summed E-state index contributed by atoms with van der Waals surface area (Å²) >= 11 is 0. The molecular weight excluding hydrogens is 167 g/mol. The first-order valence-corrected chi connectivity index (χ1v) is 5.67. The third-order valence-corrected chi connectivity index (χ3v) is 2.25. The van der Waals surface area contributed by atoms with Crippen LogP contribution in [0.3, 0.4) is 0 Å². The molecule has 2 N–H and O–H groups in total. The number of aliphatic hydroxyl groups is 1. The Balaban J connectivity index is 3.55. The summed E-state index contributed by atoms with van der Waals surface area (Å²) in [5.41, 5.74) is 0. The number of hydrogen-bond acceptors (Lipinski definition) is 3. The highest BCUT2D eigenvalue weighted by atomic mass is 31.2. The van der Waals surface area contributed by atoms with E-state index >= 15 is 0 Å². The van der Waals surface area contributed by atoms with Gasteiger partial charge in [0, 0.05) is 32.3 Å². The molecule has 0 aliphatic rings. The first-order chi connectivity index (χ1) is 4.95. The molecule has 4 nitrogen and oxygen atoms in total. The Kier molecular flexibility index (Phi) is 4.57. The van der Waals surface area contributed by atoms with Gasteiger partial charge in [0.15, 0.2) is 7.37 Å². The van der Waals surface area contributed by atoms with Crippen molar-refractivity contribution in [1.82, 2.24) is 0 Å². The van der Waals surface area contributed by atoms with Crippen molar-refractivity contribution in [3.05, 3.63) is 0 Å².